The lowest BCUT2D eigenvalue weighted by Crippen LogP contribution is -2.16. The van der Waals surface area contributed by atoms with Gasteiger partial charge < -0.3 is 10.5 Å². The summed E-state index contributed by atoms with van der Waals surface area (Å²) in [6.07, 6.45) is 1.01. The Morgan fingerprint density at radius 1 is 1.35 bits per heavy atom. The van der Waals surface area contributed by atoms with Gasteiger partial charge in [0.1, 0.15) is 11.6 Å². The van der Waals surface area contributed by atoms with Gasteiger partial charge in [-0.25, -0.2) is 4.68 Å². The van der Waals surface area contributed by atoms with Crippen LogP contribution in [0.3, 0.4) is 0 Å². The van der Waals surface area contributed by atoms with Gasteiger partial charge in [-0.05, 0) is 25.5 Å². The Balaban J connectivity index is 2.55. The molecule has 0 amide bonds. The molecule has 1 aromatic heterocycles. The topological polar surface area (TPSA) is 53.1 Å². The van der Waals surface area contributed by atoms with Crippen LogP contribution in [0.5, 0.6) is 5.75 Å². The Hall–Kier alpha value is -1.97. The molecule has 0 bridgehead atoms. The number of rotatable bonds is 4. The summed E-state index contributed by atoms with van der Waals surface area (Å²) in [4.78, 5) is 0. The van der Waals surface area contributed by atoms with E-state index in [-0.39, 0.29) is 5.41 Å². The standard InChI is InChI=1S/C16H23N3O/c1-6-16(3,4)14-10-15(17)19(18-14)12-8-7-9-13(20-5)11(12)2/h7-10H,6,17H2,1-5H3. The number of nitrogens with zero attached hydrogens (tertiary/aromatic N) is 2. The highest BCUT2D eigenvalue weighted by molar-refractivity contribution is 5.53. The van der Waals surface area contributed by atoms with Crippen LogP contribution >= 0.6 is 0 Å². The van der Waals surface area contributed by atoms with Crippen molar-refractivity contribution in [3.63, 3.8) is 0 Å². The van der Waals surface area contributed by atoms with Gasteiger partial charge in [-0.15, -0.1) is 0 Å². The van der Waals surface area contributed by atoms with E-state index < -0.39 is 0 Å². The van der Waals surface area contributed by atoms with E-state index in [2.05, 4.69) is 20.8 Å². The molecule has 4 nitrogen and oxygen atoms in total. The van der Waals surface area contributed by atoms with Crippen LogP contribution in [0, 0.1) is 6.92 Å². The second-order valence-electron chi connectivity index (χ2n) is 5.71. The fraction of sp³-hybridized carbons (Fsp3) is 0.438. The molecule has 2 aromatic rings. The minimum absolute atomic E-state index is 0.0200. The smallest absolute Gasteiger partial charge is 0.127 e. The summed E-state index contributed by atoms with van der Waals surface area (Å²) in [6, 6.07) is 7.86. The number of nitrogens with two attached hydrogens (primary N) is 1. The van der Waals surface area contributed by atoms with E-state index in [1.54, 1.807) is 11.8 Å². The van der Waals surface area contributed by atoms with Gasteiger partial charge in [-0.1, -0.05) is 26.8 Å². The van der Waals surface area contributed by atoms with Crippen molar-refractivity contribution in [1.29, 1.82) is 0 Å². The SMILES string of the molecule is CCC(C)(C)c1cc(N)n(-c2cccc(OC)c2C)n1. The van der Waals surface area contributed by atoms with E-state index in [4.69, 9.17) is 15.6 Å². The van der Waals surface area contributed by atoms with Crippen molar-refractivity contribution >= 4 is 5.82 Å². The molecule has 0 atom stereocenters. The summed E-state index contributed by atoms with van der Waals surface area (Å²) in [7, 11) is 1.67. The summed E-state index contributed by atoms with van der Waals surface area (Å²) in [5.74, 6) is 1.49. The lowest BCUT2D eigenvalue weighted by Gasteiger charge is -2.19. The Labute approximate surface area is 120 Å². The van der Waals surface area contributed by atoms with Gasteiger partial charge in [0, 0.05) is 17.0 Å². The molecule has 0 aliphatic carbocycles. The molecule has 0 spiro atoms. The van der Waals surface area contributed by atoms with Crippen LogP contribution in [-0.2, 0) is 5.41 Å². The molecule has 0 unspecified atom stereocenters. The molecular weight excluding hydrogens is 250 g/mol. The van der Waals surface area contributed by atoms with Gasteiger partial charge in [0.15, 0.2) is 0 Å². The van der Waals surface area contributed by atoms with Gasteiger partial charge in [0.05, 0.1) is 18.5 Å². The molecule has 2 rings (SSSR count). The minimum atomic E-state index is 0.0200. The zero-order valence-corrected chi connectivity index (χ0v) is 12.9. The van der Waals surface area contributed by atoms with E-state index >= 15 is 0 Å². The average Bonchev–Trinajstić information content (AvgIpc) is 2.82. The molecule has 1 heterocycles. The van der Waals surface area contributed by atoms with E-state index in [1.165, 1.54) is 0 Å². The third-order valence-corrected chi connectivity index (χ3v) is 4.02. The first-order valence-electron chi connectivity index (χ1n) is 6.90. The molecular formula is C16H23N3O. The maximum absolute atomic E-state index is 6.14. The molecule has 4 heteroatoms. The van der Waals surface area contributed by atoms with Crippen LogP contribution in [0.15, 0.2) is 24.3 Å². The molecule has 0 aliphatic heterocycles. The molecule has 0 radical (unpaired) electrons. The van der Waals surface area contributed by atoms with Crippen LogP contribution in [0.2, 0.25) is 0 Å². The van der Waals surface area contributed by atoms with Crippen molar-refractivity contribution in [1.82, 2.24) is 9.78 Å². The molecule has 108 valence electrons. The third-order valence-electron chi connectivity index (χ3n) is 4.02. The van der Waals surface area contributed by atoms with Crippen molar-refractivity contribution in [2.75, 3.05) is 12.8 Å². The van der Waals surface area contributed by atoms with Crippen molar-refractivity contribution in [2.45, 2.75) is 39.5 Å². The largest absolute Gasteiger partial charge is 0.496 e. The molecule has 0 fully saturated rings. The molecule has 0 saturated heterocycles. The van der Waals surface area contributed by atoms with Crippen LogP contribution < -0.4 is 10.5 Å². The van der Waals surface area contributed by atoms with Crippen molar-refractivity contribution < 1.29 is 4.74 Å². The van der Waals surface area contributed by atoms with Crippen molar-refractivity contribution in [2.24, 2.45) is 0 Å². The first-order valence-corrected chi connectivity index (χ1v) is 6.90. The summed E-state index contributed by atoms with van der Waals surface area (Å²) in [5.41, 5.74) is 9.17. The van der Waals surface area contributed by atoms with E-state index in [0.717, 1.165) is 29.1 Å². The summed E-state index contributed by atoms with van der Waals surface area (Å²) < 4.78 is 7.16. The maximum Gasteiger partial charge on any atom is 0.127 e. The zero-order chi connectivity index (χ0) is 14.9. The monoisotopic (exact) mass is 273 g/mol. The number of ether oxygens (including phenoxy) is 1. The van der Waals surface area contributed by atoms with Crippen LogP contribution in [-0.4, -0.2) is 16.9 Å². The van der Waals surface area contributed by atoms with Gasteiger partial charge in [-0.3, -0.25) is 0 Å². The van der Waals surface area contributed by atoms with Crippen molar-refractivity contribution in [3.05, 3.63) is 35.5 Å². The van der Waals surface area contributed by atoms with E-state index in [9.17, 15) is 0 Å². The normalized spacial score (nSPS) is 11.7. The van der Waals surface area contributed by atoms with Crippen LogP contribution in [0.25, 0.3) is 5.69 Å². The summed E-state index contributed by atoms with van der Waals surface area (Å²) in [6.45, 7) is 8.53. The van der Waals surface area contributed by atoms with Gasteiger partial charge >= 0.3 is 0 Å². The number of methoxy groups -OCH3 is 1. The molecule has 0 saturated carbocycles. The Bertz CT molecular complexity index is 614. The highest BCUT2D eigenvalue weighted by Crippen LogP contribution is 2.30. The highest BCUT2D eigenvalue weighted by atomic mass is 16.5. The first kappa shape index (κ1) is 14.4. The van der Waals surface area contributed by atoms with Gasteiger partial charge in [0.25, 0.3) is 0 Å². The number of nitrogen functional groups attached to an aromatic ring is 1. The fourth-order valence-corrected chi connectivity index (χ4v) is 2.15. The first-order chi connectivity index (χ1) is 9.40. The van der Waals surface area contributed by atoms with E-state index in [0.29, 0.717) is 5.82 Å². The lowest BCUT2D eigenvalue weighted by atomic mass is 9.87. The molecule has 20 heavy (non-hydrogen) atoms. The highest BCUT2D eigenvalue weighted by Gasteiger charge is 2.23. The zero-order valence-electron chi connectivity index (χ0n) is 12.9. The van der Waals surface area contributed by atoms with Crippen LogP contribution in [0.1, 0.15) is 38.4 Å². The Morgan fingerprint density at radius 3 is 2.65 bits per heavy atom. The quantitative estimate of drug-likeness (QED) is 0.928. The average molecular weight is 273 g/mol. The van der Waals surface area contributed by atoms with E-state index in [1.807, 2.05) is 31.2 Å². The second kappa shape index (κ2) is 5.19. The molecule has 0 aliphatic rings. The molecule has 2 N–H and O–H groups in total. The van der Waals surface area contributed by atoms with Crippen LogP contribution in [0.4, 0.5) is 5.82 Å². The lowest BCUT2D eigenvalue weighted by molar-refractivity contribution is 0.411. The number of benzene rings is 1. The predicted molar refractivity (Wildman–Crippen MR) is 82.6 cm³/mol. The fourth-order valence-electron chi connectivity index (χ4n) is 2.15. The van der Waals surface area contributed by atoms with Gasteiger partial charge in [-0.2, -0.15) is 5.10 Å². The maximum atomic E-state index is 6.14. The second-order valence-corrected chi connectivity index (χ2v) is 5.71. The Morgan fingerprint density at radius 2 is 2.05 bits per heavy atom. The number of anilines is 1. The van der Waals surface area contributed by atoms with Crippen molar-refractivity contribution in [3.8, 4) is 11.4 Å². The minimum Gasteiger partial charge on any atom is -0.496 e. The predicted octanol–water partition coefficient (Wildman–Crippen LogP) is 3.46. The number of hydrogen-bond acceptors (Lipinski definition) is 3. The molecule has 1 aromatic carbocycles. The summed E-state index contributed by atoms with van der Waals surface area (Å²) in [5, 5.41) is 4.69. The third kappa shape index (κ3) is 2.38. The number of aromatic nitrogens is 2. The van der Waals surface area contributed by atoms with Gasteiger partial charge in [0.2, 0.25) is 0 Å². The number of hydrogen-bond donors (Lipinski definition) is 1. The Kier molecular flexibility index (Phi) is 3.75. The summed E-state index contributed by atoms with van der Waals surface area (Å²) >= 11 is 0.